The van der Waals surface area contributed by atoms with Crippen LogP contribution in [0.15, 0.2) is 42.5 Å². The van der Waals surface area contributed by atoms with Crippen LogP contribution >= 0.6 is 0 Å². The Labute approximate surface area is 124 Å². The third-order valence-corrected chi connectivity index (χ3v) is 3.23. The number of hydrazine groups is 1. The first-order chi connectivity index (χ1) is 10.5. The van der Waals surface area contributed by atoms with E-state index in [-0.39, 0.29) is 28.2 Å². The van der Waals surface area contributed by atoms with Crippen LogP contribution in [0.5, 0.6) is 11.5 Å². The number of carbonyl (C=O) groups is 3. The summed E-state index contributed by atoms with van der Waals surface area (Å²) in [5.74, 6) is -2.68. The molecule has 1 aliphatic heterocycles. The van der Waals surface area contributed by atoms with E-state index >= 15 is 0 Å². The number of hydrogen-bond acceptors (Lipinski definition) is 5. The molecule has 0 atom stereocenters. The van der Waals surface area contributed by atoms with Crippen molar-refractivity contribution in [1.29, 1.82) is 0 Å². The van der Waals surface area contributed by atoms with E-state index in [1.807, 2.05) is 0 Å². The van der Waals surface area contributed by atoms with Crippen molar-refractivity contribution in [3.8, 4) is 11.5 Å². The highest BCUT2D eigenvalue weighted by Gasteiger charge is 2.37. The summed E-state index contributed by atoms with van der Waals surface area (Å²) in [6.07, 6.45) is 0. The van der Waals surface area contributed by atoms with Crippen molar-refractivity contribution >= 4 is 17.7 Å². The number of para-hydroxylation sites is 1. The Kier molecular flexibility index (Phi) is 3.03. The van der Waals surface area contributed by atoms with Crippen molar-refractivity contribution in [3.63, 3.8) is 0 Å². The highest BCUT2D eigenvalue weighted by Crippen LogP contribution is 2.25. The quantitative estimate of drug-likeness (QED) is 0.718. The normalized spacial score (nSPS) is 13.2. The molecule has 0 aromatic heterocycles. The Morgan fingerprint density at radius 1 is 0.955 bits per heavy atom. The number of amides is 3. The van der Waals surface area contributed by atoms with Gasteiger partial charge in [0.15, 0.2) is 0 Å². The topological polar surface area (TPSA) is 107 Å². The summed E-state index contributed by atoms with van der Waals surface area (Å²) in [6.45, 7) is 0. The number of phenols is 2. The lowest BCUT2D eigenvalue weighted by Gasteiger charge is -2.15. The highest BCUT2D eigenvalue weighted by molar-refractivity contribution is 6.22. The zero-order valence-corrected chi connectivity index (χ0v) is 11.1. The van der Waals surface area contributed by atoms with Gasteiger partial charge in [-0.2, -0.15) is 5.01 Å². The van der Waals surface area contributed by atoms with Crippen molar-refractivity contribution in [2.45, 2.75) is 0 Å². The average Bonchev–Trinajstić information content (AvgIpc) is 2.72. The number of aromatic hydroxyl groups is 2. The molecule has 1 aliphatic rings. The van der Waals surface area contributed by atoms with E-state index in [2.05, 4.69) is 5.43 Å². The molecule has 0 unspecified atom stereocenters. The van der Waals surface area contributed by atoms with Crippen LogP contribution in [0.4, 0.5) is 0 Å². The average molecular weight is 298 g/mol. The zero-order valence-electron chi connectivity index (χ0n) is 11.1. The fraction of sp³-hybridized carbons (Fsp3) is 0. The maximum Gasteiger partial charge on any atom is 0.280 e. The Balaban J connectivity index is 1.89. The first-order valence-corrected chi connectivity index (χ1v) is 6.30. The molecule has 0 saturated heterocycles. The molecule has 22 heavy (non-hydrogen) atoms. The van der Waals surface area contributed by atoms with Crippen LogP contribution in [0, 0.1) is 0 Å². The fourth-order valence-corrected chi connectivity index (χ4v) is 2.16. The molecule has 3 amide bonds. The van der Waals surface area contributed by atoms with Gasteiger partial charge in [-0.3, -0.25) is 19.8 Å². The van der Waals surface area contributed by atoms with Crippen LogP contribution in [-0.2, 0) is 0 Å². The van der Waals surface area contributed by atoms with Crippen molar-refractivity contribution in [2.75, 3.05) is 0 Å². The molecule has 0 radical (unpaired) electrons. The van der Waals surface area contributed by atoms with E-state index in [9.17, 15) is 24.6 Å². The van der Waals surface area contributed by atoms with Gasteiger partial charge in [-0.05, 0) is 30.3 Å². The molecule has 0 fully saturated rings. The second-order valence-electron chi connectivity index (χ2n) is 4.63. The van der Waals surface area contributed by atoms with E-state index in [0.29, 0.717) is 5.01 Å². The number of benzene rings is 2. The van der Waals surface area contributed by atoms with Crippen molar-refractivity contribution < 1.29 is 24.6 Å². The van der Waals surface area contributed by atoms with E-state index in [1.54, 1.807) is 0 Å². The molecular formula is C15H10N2O5. The van der Waals surface area contributed by atoms with E-state index < -0.39 is 17.7 Å². The number of fused-ring (bicyclic) bond motifs is 1. The molecule has 3 N–H and O–H groups in total. The van der Waals surface area contributed by atoms with Crippen LogP contribution in [-0.4, -0.2) is 32.9 Å². The number of rotatable bonds is 2. The smallest absolute Gasteiger partial charge is 0.280 e. The van der Waals surface area contributed by atoms with Gasteiger partial charge < -0.3 is 10.2 Å². The first kappa shape index (κ1) is 13.6. The summed E-state index contributed by atoms with van der Waals surface area (Å²) in [5, 5.41) is 19.5. The minimum absolute atomic E-state index is 0.00239. The lowest BCUT2D eigenvalue weighted by atomic mass is 10.1. The third kappa shape index (κ3) is 2.05. The molecule has 7 heteroatoms. The Bertz CT molecular complexity index is 815. The highest BCUT2D eigenvalue weighted by atomic mass is 16.3. The Morgan fingerprint density at radius 3 is 2.36 bits per heavy atom. The van der Waals surface area contributed by atoms with Crippen LogP contribution < -0.4 is 5.43 Å². The Hall–Kier alpha value is -3.35. The summed E-state index contributed by atoms with van der Waals surface area (Å²) in [7, 11) is 0. The minimum atomic E-state index is -0.795. The minimum Gasteiger partial charge on any atom is -0.508 e. The molecule has 0 aliphatic carbocycles. The van der Waals surface area contributed by atoms with Crippen LogP contribution in [0.1, 0.15) is 31.1 Å². The second-order valence-corrected chi connectivity index (χ2v) is 4.63. The molecule has 2 aromatic carbocycles. The predicted octanol–water partition coefficient (Wildman–Crippen LogP) is 1.04. The predicted molar refractivity (Wildman–Crippen MR) is 74.2 cm³/mol. The van der Waals surface area contributed by atoms with E-state index in [1.165, 1.54) is 36.4 Å². The lowest BCUT2D eigenvalue weighted by Crippen LogP contribution is -2.45. The lowest BCUT2D eigenvalue weighted by molar-refractivity contribution is 0.0517. The third-order valence-electron chi connectivity index (χ3n) is 3.23. The van der Waals surface area contributed by atoms with Crippen molar-refractivity contribution in [1.82, 2.24) is 10.4 Å². The molecular weight excluding hydrogens is 288 g/mol. The summed E-state index contributed by atoms with van der Waals surface area (Å²) in [4.78, 5) is 36.3. The Morgan fingerprint density at radius 2 is 1.64 bits per heavy atom. The van der Waals surface area contributed by atoms with Gasteiger partial charge in [-0.1, -0.05) is 12.1 Å². The van der Waals surface area contributed by atoms with E-state index in [0.717, 1.165) is 6.07 Å². The molecule has 1 heterocycles. The van der Waals surface area contributed by atoms with Gasteiger partial charge >= 0.3 is 0 Å². The SMILES string of the molecule is O=C(NN1C(=O)c2ccc(O)cc2C1=O)c1ccccc1O. The first-order valence-electron chi connectivity index (χ1n) is 6.30. The van der Waals surface area contributed by atoms with Gasteiger partial charge in [0, 0.05) is 0 Å². The largest absolute Gasteiger partial charge is 0.508 e. The van der Waals surface area contributed by atoms with E-state index in [4.69, 9.17) is 0 Å². The zero-order chi connectivity index (χ0) is 15.9. The van der Waals surface area contributed by atoms with Gasteiger partial charge in [-0.15, -0.1) is 0 Å². The maximum atomic E-state index is 12.1. The van der Waals surface area contributed by atoms with Gasteiger partial charge in [0.25, 0.3) is 17.7 Å². The summed E-state index contributed by atoms with van der Waals surface area (Å²) >= 11 is 0. The number of imide groups is 1. The van der Waals surface area contributed by atoms with Crippen molar-refractivity contribution in [2.24, 2.45) is 0 Å². The van der Waals surface area contributed by atoms with Gasteiger partial charge in [0.1, 0.15) is 11.5 Å². The molecule has 0 saturated carbocycles. The van der Waals surface area contributed by atoms with Crippen molar-refractivity contribution in [3.05, 3.63) is 59.2 Å². The number of nitrogens with one attached hydrogen (secondary N) is 1. The standard InChI is InChI=1S/C15H10N2O5/c18-8-5-6-9-11(7-8)15(22)17(14(9)21)16-13(20)10-3-1-2-4-12(10)19/h1-7,18-19H,(H,16,20). The molecule has 2 aromatic rings. The molecule has 3 rings (SSSR count). The number of nitrogens with zero attached hydrogens (tertiary/aromatic N) is 1. The molecule has 0 spiro atoms. The van der Waals surface area contributed by atoms with Crippen LogP contribution in [0.3, 0.4) is 0 Å². The van der Waals surface area contributed by atoms with Gasteiger partial charge in [0.2, 0.25) is 0 Å². The summed E-state index contributed by atoms with van der Waals surface area (Å²) < 4.78 is 0. The number of phenolic OH excluding ortho intramolecular Hbond substituents is 2. The molecule has 110 valence electrons. The van der Waals surface area contributed by atoms with Crippen LogP contribution in [0.2, 0.25) is 0 Å². The monoisotopic (exact) mass is 298 g/mol. The summed E-state index contributed by atoms with van der Waals surface area (Å²) in [6, 6.07) is 9.48. The molecule has 7 nitrogen and oxygen atoms in total. The number of carbonyl (C=O) groups excluding carboxylic acids is 3. The van der Waals surface area contributed by atoms with Gasteiger partial charge in [0.05, 0.1) is 16.7 Å². The second kappa shape index (κ2) is 4.88. The van der Waals surface area contributed by atoms with Crippen LogP contribution in [0.25, 0.3) is 0 Å². The number of hydrogen-bond donors (Lipinski definition) is 3. The fourth-order valence-electron chi connectivity index (χ4n) is 2.16. The maximum absolute atomic E-state index is 12.1. The summed E-state index contributed by atoms with van der Waals surface area (Å²) in [5.41, 5.74) is 2.17. The molecule has 0 bridgehead atoms. The van der Waals surface area contributed by atoms with Gasteiger partial charge in [-0.25, -0.2) is 0 Å².